The Kier molecular flexibility index (Phi) is 4.23. The predicted octanol–water partition coefficient (Wildman–Crippen LogP) is 1.99. The zero-order chi connectivity index (χ0) is 16.9. The van der Waals surface area contributed by atoms with Crippen molar-refractivity contribution in [3.63, 3.8) is 0 Å². The largest absolute Gasteiger partial charge is 0.437 e. The summed E-state index contributed by atoms with van der Waals surface area (Å²) in [4.78, 5) is 12.0. The molecule has 0 saturated heterocycles. The van der Waals surface area contributed by atoms with Gasteiger partial charge in [-0.25, -0.2) is 0 Å². The lowest BCUT2D eigenvalue weighted by atomic mass is 10.2. The van der Waals surface area contributed by atoms with Gasteiger partial charge in [0.1, 0.15) is 0 Å². The molecule has 3 rings (SSSR count). The van der Waals surface area contributed by atoms with E-state index in [2.05, 4.69) is 20.5 Å². The van der Waals surface area contributed by atoms with E-state index >= 15 is 0 Å². The molecule has 0 aliphatic carbocycles. The number of aryl methyl sites for hydroxylation is 1. The second kappa shape index (κ2) is 6.65. The van der Waals surface area contributed by atoms with E-state index in [1.165, 1.54) is 12.1 Å². The van der Waals surface area contributed by atoms with Crippen molar-refractivity contribution in [1.29, 1.82) is 0 Å². The normalized spacial score (nSPS) is 11.3. The molecule has 0 amide bonds. The molecular weight excluding hydrogens is 310 g/mol. The smallest absolute Gasteiger partial charge is 0.358 e. The number of rotatable bonds is 4. The number of tetrazole rings is 1. The van der Waals surface area contributed by atoms with Crippen LogP contribution in [0.3, 0.4) is 0 Å². The van der Waals surface area contributed by atoms with Gasteiger partial charge in [-0.15, -0.1) is 10.1 Å². The van der Waals surface area contributed by atoms with Gasteiger partial charge in [0.2, 0.25) is 0 Å². The summed E-state index contributed by atoms with van der Waals surface area (Å²) in [5.74, 6) is -0.643. The lowest BCUT2D eigenvalue weighted by Crippen LogP contribution is -2.21. The fourth-order valence-electron chi connectivity index (χ4n) is 2.03. The highest BCUT2D eigenvalue weighted by Gasteiger charge is 2.26. The maximum Gasteiger partial charge on any atom is 0.437 e. The Morgan fingerprint density at radius 2 is 1.62 bits per heavy atom. The van der Waals surface area contributed by atoms with Crippen LogP contribution < -0.4 is 5.01 Å². The molecule has 9 heteroatoms. The Bertz CT molecular complexity index is 822. The number of hydrogen-bond donors (Lipinski definition) is 0. The third kappa shape index (κ3) is 3.24. The first-order chi connectivity index (χ1) is 11.6. The molecule has 9 nitrogen and oxygen atoms in total. The second-order valence-electron chi connectivity index (χ2n) is 4.77. The minimum Gasteiger partial charge on any atom is -0.358 e. The summed E-state index contributed by atoms with van der Waals surface area (Å²) in [7, 11) is 1.53. The van der Waals surface area contributed by atoms with Gasteiger partial charge >= 0.3 is 5.84 Å². The van der Waals surface area contributed by atoms with Gasteiger partial charge in [0.15, 0.2) is 0 Å². The fraction of sp³-hybridized carbons (Fsp3) is 0.0667. The van der Waals surface area contributed by atoms with Crippen molar-refractivity contribution in [3.05, 3.63) is 76.6 Å². The van der Waals surface area contributed by atoms with E-state index < -0.39 is 10.8 Å². The predicted molar refractivity (Wildman–Crippen MR) is 87.4 cm³/mol. The SMILES string of the molecule is Cn1nnc(/C(=N/N(c2ccccc2)c2ccccc2)[N+](=O)[O-])n1. The Labute approximate surface area is 137 Å². The Balaban J connectivity index is 2.12. The third-order valence-corrected chi connectivity index (χ3v) is 3.08. The van der Waals surface area contributed by atoms with Crippen LogP contribution in [0.25, 0.3) is 0 Å². The highest BCUT2D eigenvalue weighted by molar-refractivity contribution is 5.89. The monoisotopic (exact) mass is 323 g/mol. The Hall–Kier alpha value is -3.62. The van der Waals surface area contributed by atoms with Crippen LogP contribution in [0.4, 0.5) is 11.4 Å². The average molecular weight is 323 g/mol. The zero-order valence-corrected chi connectivity index (χ0v) is 12.7. The standard InChI is InChI=1S/C15H13N7O2/c1-20-17-14(16-19-20)15(22(23)24)18-21(12-8-4-2-5-9-12)13-10-6-3-7-11-13/h2-11H,1H3/b18-15-. The van der Waals surface area contributed by atoms with E-state index in [4.69, 9.17) is 0 Å². The Morgan fingerprint density at radius 3 is 2.04 bits per heavy atom. The molecule has 1 aromatic heterocycles. The van der Waals surface area contributed by atoms with Crippen molar-refractivity contribution >= 4 is 17.2 Å². The summed E-state index contributed by atoms with van der Waals surface area (Å²) >= 11 is 0. The van der Waals surface area contributed by atoms with Gasteiger partial charge in [-0.2, -0.15) is 4.80 Å². The lowest BCUT2D eigenvalue weighted by Gasteiger charge is -2.13. The van der Waals surface area contributed by atoms with E-state index in [1.54, 1.807) is 24.3 Å². The van der Waals surface area contributed by atoms with Crippen molar-refractivity contribution in [3.8, 4) is 0 Å². The number of anilines is 2. The maximum atomic E-state index is 11.4. The molecule has 0 spiro atoms. The van der Waals surface area contributed by atoms with Crippen LogP contribution >= 0.6 is 0 Å². The van der Waals surface area contributed by atoms with E-state index in [0.29, 0.717) is 11.4 Å². The van der Waals surface area contributed by atoms with Crippen molar-refractivity contribution in [2.45, 2.75) is 0 Å². The Morgan fingerprint density at radius 1 is 1.08 bits per heavy atom. The molecule has 0 N–H and O–H groups in total. The van der Waals surface area contributed by atoms with Crippen LogP contribution in [0.5, 0.6) is 0 Å². The van der Waals surface area contributed by atoms with Crippen LogP contribution in [-0.2, 0) is 7.05 Å². The van der Waals surface area contributed by atoms with E-state index in [0.717, 1.165) is 4.80 Å². The van der Waals surface area contributed by atoms with E-state index in [1.807, 2.05) is 36.4 Å². The van der Waals surface area contributed by atoms with Crippen LogP contribution in [0, 0.1) is 10.1 Å². The summed E-state index contributed by atoms with van der Waals surface area (Å²) in [5, 5.41) is 28.3. The molecule has 0 bridgehead atoms. The molecule has 2 aromatic carbocycles. The second-order valence-corrected chi connectivity index (χ2v) is 4.77. The summed E-state index contributed by atoms with van der Waals surface area (Å²) in [6, 6.07) is 18.2. The molecule has 0 saturated carbocycles. The third-order valence-electron chi connectivity index (χ3n) is 3.08. The molecule has 0 radical (unpaired) electrons. The lowest BCUT2D eigenvalue weighted by molar-refractivity contribution is -0.349. The molecule has 120 valence electrons. The minimum absolute atomic E-state index is 0.153. The van der Waals surface area contributed by atoms with Gasteiger partial charge in [-0.05, 0) is 34.4 Å². The first-order valence-corrected chi connectivity index (χ1v) is 7.03. The van der Waals surface area contributed by atoms with Gasteiger partial charge < -0.3 is 10.1 Å². The molecule has 0 aliphatic rings. The van der Waals surface area contributed by atoms with Crippen molar-refractivity contribution in [2.75, 3.05) is 5.01 Å². The first kappa shape index (κ1) is 15.3. The first-order valence-electron chi connectivity index (χ1n) is 7.03. The number of hydrogen-bond acceptors (Lipinski definition) is 7. The van der Waals surface area contributed by atoms with E-state index in [-0.39, 0.29) is 5.82 Å². The van der Waals surface area contributed by atoms with Crippen LogP contribution in [0.15, 0.2) is 65.8 Å². The molecule has 0 aliphatic heterocycles. The number of nitrogens with zero attached hydrogens (tertiary/aromatic N) is 7. The number of hydrazone groups is 1. The molecule has 3 aromatic rings. The van der Waals surface area contributed by atoms with Crippen molar-refractivity contribution < 1.29 is 4.92 Å². The topological polar surface area (TPSA) is 102 Å². The van der Waals surface area contributed by atoms with Crippen LogP contribution in [0.1, 0.15) is 5.82 Å². The quantitative estimate of drug-likeness (QED) is 0.315. The van der Waals surface area contributed by atoms with Crippen LogP contribution in [0.2, 0.25) is 0 Å². The summed E-state index contributed by atoms with van der Waals surface area (Å²) in [5.41, 5.74) is 1.35. The average Bonchev–Trinajstić information content (AvgIpc) is 3.03. The van der Waals surface area contributed by atoms with Crippen LogP contribution in [-0.4, -0.2) is 31.0 Å². The molecule has 24 heavy (non-hydrogen) atoms. The van der Waals surface area contributed by atoms with Gasteiger partial charge in [0, 0.05) is 0 Å². The maximum absolute atomic E-state index is 11.4. The fourth-order valence-corrected chi connectivity index (χ4v) is 2.03. The summed E-state index contributed by atoms with van der Waals surface area (Å²) in [6.45, 7) is 0. The highest BCUT2D eigenvalue weighted by Crippen LogP contribution is 2.25. The van der Waals surface area contributed by atoms with Gasteiger partial charge in [-0.3, -0.25) is 0 Å². The van der Waals surface area contributed by atoms with Crippen molar-refractivity contribution in [2.24, 2.45) is 12.1 Å². The van der Waals surface area contributed by atoms with Gasteiger partial charge in [0.05, 0.1) is 23.5 Å². The zero-order valence-electron chi connectivity index (χ0n) is 12.7. The number of nitro groups is 1. The van der Waals surface area contributed by atoms with Crippen molar-refractivity contribution in [1.82, 2.24) is 20.2 Å². The highest BCUT2D eigenvalue weighted by atomic mass is 16.6. The molecule has 0 atom stereocenters. The summed E-state index contributed by atoms with van der Waals surface area (Å²) in [6.07, 6.45) is 0. The number of benzene rings is 2. The number of amidine groups is 1. The molecule has 0 fully saturated rings. The molecule has 0 unspecified atom stereocenters. The number of aromatic nitrogens is 4. The molecular formula is C15H13N7O2. The van der Waals surface area contributed by atoms with E-state index in [9.17, 15) is 10.1 Å². The number of para-hydroxylation sites is 2. The summed E-state index contributed by atoms with van der Waals surface area (Å²) < 4.78 is 0. The minimum atomic E-state index is -0.629. The van der Waals surface area contributed by atoms with Gasteiger partial charge in [-0.1, -0.05) is 41.5 Å². The molecule has 1 heterocycles. The van der Waals surface area contributed by atoms with Gasteiger partial charge in [0.25, 0.3) is 5.82 Å².